The predicted molar refractivity (Wildman–Crippen MR) is 73.5 cm³/mol. The summed E-state index contributed by atoms with van der Waals surface area (Å²) in [4.78, 5) is 10.8. The number of nitrogens with zero attached hydrogens (tertiary/aromatic N) is 4. The van der Waals surface area contributed by atoms with E-state index < -0.39 is 21.2 Å². The van der Waals surface area contributed by atoms with E-state index in [4.69, 9.17) is 5.11 Å². The van der Waals surface area contributed by atoms with E-state index in [0.29, 0.717) is 11.5 Å². The van der Waals surface area contributed by atoms with Gasteiger partial charge in [-0.05, 0) is 42.5 Å². The van der Waals surface area contributed by atoms with Crippen LogP contribution in [0.2, 0.25) is 0 Å². The second kappa shape index (κ2) is 5.48. The molecule has 2 N–H and O–H groups in total. The molecule has 0 aliphatic rings. The zero-order valence-corrected chi connectivity index (χ0v) is 12.1. The Bertz CT molecular complexity index is 770. The van der Waals surface area contributed by atoms with E-state index in [1.165, 1.54) is 16.8 Å². The van der Waals surface area contributed by atoms with Crippen molar-refractivity contribution in [2.75, 3.05) is 4.72 Å². The maximum atomic E-state index is 11.9. The van der Waals surface area contributed by atoms with Crippen molar-refractivity contribution in [1.29, 1.82) is 0 Å². The lowest BCUT2D eigenvalue weighted by Crippen LogP contribution is -2.32. The summed E-state index contributed by atoms with van der Waals surface area (Å²) in [5.74, 6) is -0.885. The Morgan fingerprint density at radius 2 is 2.14 bits per heavy atom. The number of nitrogens with one attached hydrogen (secondary N) is 1. The first-order valence-corrected chi connectivity index (χ1v) is 7.46. The Hall–Kier alpha value is -2.49. The predicted octanol–water partition coefficient (Wildman–Crippen LogP) is 0.186. The molecule has 1 unspecified atom stereocenters. The van der Waals surface area contributed by atoms with E-state index in [0.717, 1.165) is 6.92 Å². The molecule has 2 aromatic rings. The van der Waals surface area contributed by atoms with Crippen molar-refractivity contribution in [2.45, 2.75) is 19.1 Å². The summed E-state index contributed by atoms with van der Waals surface area (Å²) < 4.78 is 27.4. The number of hydrogen-bond donors (Lipinski definition) is 2. The summed E-state index contributed by atoms with van der Waals surface area (Å²) in [6.07, 6.45) is 0. The van der Waals surface area contributed by atoms with E-state index in [9.17, 15) is 13.2 Å². The second-order valence-electron chi connectivity index (χ2n) is 4.32. The fourth-order valence-electron chi connectivity index (χ4n) is 1.56. The van der Waals surface area contributed by atoms with E-state index >= 15 is 0 Å². The number of aromatic nitrogens is 4. The van der Waals surface area contributed by atoms with E-state index in [1.807, 2.05) is 0 Å². The number of rotatable bonds is 5. The number of aliphatic carboxylic acids is 1. The van der Waals surface area contributed by atoms with Gasteiger partial charge in [0.2, 0.25) is 10.0 Å². The third-order valence-corrected chi connectivity index (χ3v) is 4.44. The Morgan fingerprint density at radius 1 is 1.43 bits per heavy atom. The highest BCUT2D eigenvalue weighted by Crippen LogP contribution is 2.17. The van der Waals surface area contributed by atoms with Gasteiger partial charge in [-0.15, -0.1) is 5.10 Å². The van der Waals surface area contributed by atoms with Crippen LogP contribution in [0.5, 0.6) is 0 Å². The molecule has 0 radical (unpaired) electrons. The largest absolute Gasteiger partial charge is 0.480 e. The van der Waals surface area contributed by atoms with Crippen molar-refractivity contribution in [3.05, 3.63) is 30.1 Å². The Labute approximate surface area is 120 Å². The molecule has 112 valence electrons. The summed E-state index contributed by atoms with van der Waals surface area (Å²) in [5, 5.41) is 18.2. The minimum absolute atomic E-state index is 0.232. The molecular formula is C11H13N5O4S. The molecule has 10 heteroatoms. The molecule has 1 aromatic carbocycles. The summed E-state index contributed by atoms with van der Waals surface area (Å²) in [7, 11) is -4.02. The number of aryl methyl sites for hydroxylation is 1. The Balaban J connectivity index is 2.31. The van der Waals surface area contributed by atoms with Crippen LogP contribution in [0.15, 0.2) is 24.3 Å². The maximum absolute atomic E-state index is 11.9. The number of carboxylic acid groups (broad SMARTS) is 1. The lowest BCUT2D eigenvalue weighted by molar-refractivity contribution is -0.136. The molecule has 0 spiro atoms. The van der Waals surface area contributed by atoms with Gasteiger partial charge in [-0.25, -0.2) is 8.42 Å². The number of benzene rings is 1. The van der Waals surface area contributed by atoms with Crippen molar-refractivity contribution in [3.8, 4) is 5.69 Å². The number of tetrazole rings is 1. The molecule has 0 bridgehead atoms. The SMILES string of the molecule is Cc1nnnn1-c1cccc(NS(=O)(=O)C(C)C(=O)O)c1. The first kappa shape index (κ1) is 14.9. The van der Waals surface area contributed by atoms with Gasteiger partial charge in [-0.3, -0.25) is 9.52 Å². The van der Waals surface area contributed by atoms with Gasteiger partial charge in [0.25, 0.3) is 0 Å². The molecule has 1 heterocycles. The smallest absolute Gasteiger partial charge is 0.323 e. The van der Waals surface area contributed by atoms with Crippen LogP contribution in [-0.4, -0.2) is 45.0 Å². The van der Waals surface area contributed by atoms with Gasteiger partial charge in [0.15, 0.2) is 11.1 Å². The van der Waals surface area contributed by atoms with Gasteiger partial charge >= 0.3 is 5.97 Å². The van der Waals surface area contributed by atoms with Crippen LogP contribution in [-0.2, 0) is 14.8 Å². The number of anilines is 1. The number of carboxylic acids is 1. The lowest BCUT2D eigenvalue weighted by atomic mass is 10.3. The summed E-state index contributed by atoms with van der Waals surface area (Å²) >= 11 is 0. The highest BCUT2D eigenvalue weighted by atomic mass is 32.2. The standard InChI is InChI=1S/C11H13N5O4S/c1-7(11(17)18)21(19,20)13-9-4-3-5-10(6-9)16-8(2)12-14-15-16/h3-7,13H,1-2H3,(H,17,18). The molecule has 0 saturated heterocycles. The fraction of sp³-hybridized carbons (Fsp3) is 0.273. The Morgan fingerprint density at radius 3 is 2.71 bits per heavy atom. The average molecular weight is 311 g/mol. The zero-order chi connectivity index (χ0) is 15.6. The molecule has 0 aliphatic carbocycles. The molecule has 1 aromatic heterocycles. The first-order chi connectivity index (χ1) is 9.81. The summed E-state index contributed by atoms with van der Waals surface area (Å²) in [6.45, 7) is 2.79. The van der Waals surface area contributed by atoms with Crippen LogP contribution in [0.3, 0.4) is 0 Å². The van der Waals surface area contributed by atoms with Crippen molar-refractivity contribution in [1.82, 2.24) is 20.2 Å². The molecular weight excluding hydrogens is 298 g/mol. The van der Waals surface area contributed by atoms with E-state index in [1.54, 1.807) is 19.1 Å². The number of carbonyl (C=O) groups is 1. The quantitative estimate of drug-likeness (QED) is 0.806. The molecule has 0 aliphatic heterocycles. The van der Waals surface area contributed by atoms with Gasteiger partial charge < -0.3 is 5.11 Å². The van der Waals surface area contributed by atoms with Gasteiger partial charge in [-0.1, -0.05) is 6.07 Å². The van der Waals surface area contributed by atoms with Crippen molar-refractivity contribution >= 4 is 21.7 Å². The first-order valence-electron chi connectivity index (χ1n) is 5.91. The van der Waals surface area contributed by atoms with Gasteiger partial charge in [0.05, 0.1) is 11.4 Å². The zero-order valence-electron chi connectivity index (χ0n) is 11.3. The molecule has 2 rings (SSSR count). The average Bonchev–Trinajstić information content (AvgIpc) is 2.83. The minimum Gasteiger partial charge on any atom is -0.480 e. The van der Waals surface area contributed by atoms with Gasteiger partial charge in [0.1, 0.15) is 0 Å². The Kier molecular flexibility index (Phi) is 3.89. The van der Waals surface area contributed by atoms with Crippen LogP contribution >= 0.6 is 0 Å². The molecule has 0 fully saturated rings. The minimum atomic E-state index is -4.02. The number of hydrogen-bond acceptors (Lipinski definition) is 6. The third kappa shape index (κ3) is 3.16. The molecule has 0 saturated carbocycles. The maximum Gasteiger partial charge on any atom is 0.323 e. The van der Waals surface area contributed by atoms with Crippen LogP contribution in [0.4, 0.5) is 5.69 Å². The van der Waals surface area contributed by atoms with Crippen molar-refractivity contribution in [2.24, 2.45) is 0 Å². The normalized spacial score (nSPS) is 12.9. The molecule has 9 nitrogen and oxygen atoms in total. The van der Waals surface area contributed by atoms with Crippen LogP contribution in [0.1, 0.15) is 12.7 Å². The molecule has 21 heavy (non-hydrogen) atoms. The molecule has 1 atom stereocenters. The van der Waals surface area contributed by atoms with Crippen LogP contribution < -0.4 is 4.72 Å². The summed E-state index contributed by atoms with van der Waals surface area (Å²) in [5.41, 5.74) is 0.788. The monoisotopic (exact) mass is 311 g/mol. The highest BCUT2D eigenvalue weighted by molar-refractivity contribution is 7.94. The van der Waals surface area contributed by atoms with Crippen LogP contribution in [0, 0.1) is 6.92 Å². The van der Waals surface area contributed by atoms with Crippen molar-refractivity contribution in [3.63, 3.8) is 0 Å². The molecule has 0 amide bonds. The second-order valence-corrected chi connectivity index (χ2v) is 6.32. The highest BCUT2D eigenvalue weighted by Gasteiger charge is 2.27. The van der Waals surface area contributed by atoms with Gasteiger partial charge in [0, 0.05) is 0 Å². The van der Waals surface area contributed by atoms with E-state index in [-0.39, 0.29) is 5.69 Å². The number of sulfonamides is 1. The van der Waals surface area contributed by atoms with Gasteiger partial charge in [-0.2, -0.15) is 4.68 Å². The van der Waals surface area contributed by atoms with Crippen LogP contribution in [0.25, 0.3) is 5.69 Å². The summed E-state index contributed by atoms with van der Waals surface area (Å²) in [6, 6.07) is 6.33. The lowest BCUT2D eigenvalue weighted by Gasteiger charge is -2.12. The topological polar surface area (TPSA) is 127 Å². The van der Waals surface area contributed by atoms with E-state index in [2.05, 4.69) is 20.2 Å². The van der Waals surface area contributed by atoms with Crippen molar-refractivity contribution < 1.29 is 18.3 Å². The fourth-order valence-corrected chi connectivity index (χ4v) is 2.45. The third-order valence-electron chi connectivity index (χ3n) is 2.79.